The van der Waals surface area contributed by atoms with Crippen molar-refractivity contribution in [3.8, 4) is 0 Å². The van der Waals surface area contributed by atoms with Gasteiger partial charge < -0.3 is 9.47 Å². The summed E-state index contributed by atoms with van der Waals surface area (Å²) in [5, 5.41) is 0. The Morgan fingerprint density at radius 2 is 2.33 bits per heavy atom. The van der Waals surface area contributed by atoms with Crippen molar-refractivity contribution in [1.29, 1.82) is 0 Å². The molecule has 1 aliphatic rings. The minimum atomic E-state index is -0.105. The monoisotopic (exact) mass is 252 g/mol. The fourth-order valence-corrected chi connectivity index (χ4v) is 2.30. The molecule has 0 N–H and O–H groups in total. The molecule has 0 saturated heterocycles. The van der Waals surface area contributed by atoms with Gasteiger partial charge in [-0.15, -0.1) is 0 Å². The maximum Gasteiger partial charge on any atom is 0.305 e. The van der Waals surface area contributed by atoms with Crippen molar-refractivity contribution in [2.45, 2.75) is 57.5 Å². The van der Waals surface area contributed by atoms with E-state index in [9.17, 15) is 4.79 Å². The smallest absolute Gasteiger partial charge is 0.305 e. The van der Waals surface area contributed by atoms with E-state index >= 15 is 0 Å². The molecule has 0 aromatic heterocycles. The van der Waals surface area contributed by atoms with Gasteiger partial charge in [0.15, 0.2) is 0 Å². The zero-order valence-electron chi connectivity index (χ0n) is 11.3. The highest BCUT2D eigenvalue weighted by molar-refractivity contribution is 5.68. The largest absolute Gasteiger partial charge is 0.495 e. The van der Waals surface area contributed by atoms with E-state index in [1.165, 1.54) is 31.8 Å². The highest BCUT2D eigenvalue weighted by atomic mass is 16.5. The van der Waals surface area contributed by atoms with Crippen molar-refractivity contribution >= 4 is 5.97 Å². The van der Waals surface area contributed by atoms with Gasteiger partial charge in [-0.1, -0.05) is 18.6 Å². The molecule has 3 heteroatoms. The van der Waals surface area contributed by atoms with Crippen molar-refractivity contribution in [2.75, 3.05) is 7.11 Å². The number of methoxy groups -OCH3 is 1. The number of unbranched alkanes of at least 4 members (excludes halogenated alkanes) is 2. The maximum absolute atomic E-state index is 10.9. The Labute approximate surface area is 110 Å². The van der Waals surface area contributed by atoms with E-state index in [-0.39, 0.29) is 12.1 Å². The minimum Gasteiger partial charge on any atom is -0.495 e. The van der Waals surface area contributed by atoms with E-state index in [2.05, 4.69) is 17.4 Å². The normalized spacial score (nSPS) is 18.9. The van der Waals surface area contributed by atoms with E-state index in [1.54, 1.807) is 0 Å². The first kappa shape index (κ1) is 14.8. The van der Waals surface area contributed by atoms with Crippen LogP contribution in [0.15, 0.2) is 24.5 Å². The second-order valence-corrected chi connectivity index (χ2v) is 4.70. The molecule has 18 heavy (non-hydrogen) atoms. The van der Waals surface area contributed by atoms with Gasteiger partial charge in [-0.3, -0.25) is 4.79 Å². The van der Waals surface area contributed by atoms with Crippen LogP contribution >= 0.6 is 0 Å². The lowest BCUT2D eigenvalue weighted by molar-refractivity contribution is -0.140. The molecule has 0 heterocycles. The number of hydrogen-bond acceptors (Lipinski definition) is 3. The third-order valence-corrected chi connectivity index (χ3v) is 3.29. The molecule has 1 atom stereocenters. The summed E-state index contributed by atoms with van der Waals surface area (Å²) in [4.78, 5) is 10.9. The Morgan fingerprint density at radius 1 is 1.50 bits per heavy atom. The number of esters is 1. The van der Waals surface area contributed by atoms with Crippen molar-refractivity contribution in [1.82, 2.24) is 0 Å². The fourth-order valence-electron chi connectivity index (χ4n) is 2.30. The summed E-state index contributed by atoms with van der Waals surface area (Å²) < 4.78 is 10.0. The molecular weight excluding hydrogens is 228 g/mol. The van der Waals surface area contributed by atoms with Gasteiger partial charge in [-0.05, 0) is 44.6 Å². The lowest BCUT2D eigenvalue weighted by Crippen LogP contribution is -2.11. The first-order valence-electron chi connectivity index (χ1n) is 6.79. The Kier molecular flexibility index (Phi) is 7.23. The molecule has 0 saturated carbocycles. The average Bonchev–Trinajstić information content (AvgIpc) is 2.39. The highest BCUT2D eigenvalue weighted by Crippen LogP contribution is 2.24. The molecule has 0 radical (unpaired) electrons. The summed E-state index contributed by atoms with van der Waals surface area (Å²) in [6.07, 6.45) is 12.3. The van der Waals surface area contributed by atoms with Gasteiger partial charge in [-0.25, -0.2) is 0 Å². The van der Waals surface area contributed by atoms with Crippen LogP contribution in [0, 0.1) is 0 Å². The molecule has 1 aliphatic carbocycles. The van der Waals surface area contributed by atoms with Crippen LogP contribution in [0.3, 0.4) is 0 Å². The van der Waals surface area contributed by atoms with Crippen LogP contribution in [0.2, 0.25) is 0 Å². The van der Waals surface area contributed by atoms with Crippen LogP contribution in [0.4, 0.5) is 0 Å². The van der Waals surface area contributed by atoms with Gasteiger partial charge in [0.1, 0.15) is 6.10 Å². The van der Waals surface area contributed by atoms with Gasteiger partial charge in [-0.2, -0.15) is 0 Å². The Morgan fingerprint density at radius 3 is 3.06 bits per heavy atom. The summed E-state index contributed by atoms with van der Waals surface area (Å²) in [5.74, 6) is -0.105. The number of carbonyl (C=O) groups is 1. The number of ether oxygens (including phenoxy) is 2. The van der Waals surface area contributed by atoms with E-state index < -0.39 is 0 Å². The fraction of sp³-hybridized carbons (Fsp3) is 0.667. The maximum atomic E-state index is 10.9. The summed E-state index contributed by atoms with van der Waals surface area (Å²) in [5.41, 5.74) is 1.49. The molecule has 1 unspecified atom stereocenters. The Bertz CT molecular complexity index is 294. The van der Waals surface area contributed by atoms with Crippen LogP contribution in [-0.4, -0.2) is 19.2 Å². The lowest BCUT2D eigenvalue weighted by Gasteiger charge is -2.20. The Hall–Kier alpha value is -1.25. The third kappa shape index (κ3) is 5.89. The van der Waals surface area contributed by atoms with Gasteiger partial charge in [0.2, 0.25) is 0 Å². The van der Waals surface area contributed by atoms with Crippen LogP contribution in [0.25, 0.3) is 0 Å². The molecule has 0 spiro atoms. The quantitative estimate of drug-likeness (QED) is 0.286. The predicted octanol–water partition coefficient (Wildman–Crippen LogP) is 3.75. The molecule has 1 rings (SSSR count). The molecule has 0 aromatic carbocycles. The zero-order valence-corrected chi connectivity index (χ0v) is 11.3. The van der Waals surface area contributed by atoms with Gasteiger partial charge in [0.05, 0.1) is 13.4 Å². The molecule has 0 aromatic rings. The summed E-state index contributed by atoms with van der Waals surface area (Å²) >= 11 is 0. The minimum absolute atomic E-state index is 0.105. The number of carbonyl (C=O) groups excluding carboxylic acids is 1. The summed E-state index contributed by atoms with van der Waals surface area (Å²) in [6, 6.07) is 0. The topological polar surface area (TPSA) is 35.5 Å². The van der Waals surface area contributed by atoms with Crippen LogP contribution in [0.1, 0.15) is 51.4 Å². The first-order chi connectivity index (χ1) is 8.76. The molecule has 102 valence electrons. The Balaban J connectivity index is 2.14. The average molecular weight is 252 g/mol. The van der Waals surface area contributed by atoms with Crippen LogP contribution in [-0.2, 0) is 14.3 Å². The highest BCUT2D eigenvalue weighted by Gasteiger charge is 2.13. The van der Waals surface area contributed by atoms with Crippen molar-refractivity contribution in [2.24, 2.45) is 0 Å². The number of rotatable bonds is 8. The number of allylic oxidation sites excluding steroid dienone is 1. The van der Waals surface area contributed by atoms with E-state index in [0.717, 1.165) is 32.1 Å². The van der Waals surface area contributed by atoms with E-state index in [4.69, 9.17) is 4.74 Å². The standard InChI is InChI=1S/C15H24O3/c1-3-18-14-10-7-9-13(12-14)8-5-4-6-11-15(16)17-2/h3,12,14H,1,4-11H2,2H3. The second-order valence-electron chi connectivity index (χ2n) is 4.70. The molecule has 0 aliphatic heterocycles. The third-order valence-electron chi connectivity index (χ3n) is 3.29. The second kappa shape index (κ2) is 8.78. The van der Waals surface area contributed by atoms with Crippen LogP contribution in [0.5, 0.6) is 0 Å². The number of hydrogen-bond donors (Lipinski definition) is 0. The molecule has 3 nitrogen and oxygen atoms in total. The molecule has 0 amide bonds. The summed E-state index contributed by atoms with van der Waals surface area (Å²) in [7, 11) is 1.44. The van der Waals surface area contributed by atoms with Crippen LogP contribution < -0.4 is 0 Å². The van der Waals surface area contributed by atoms with E-state index in [1.807, 2.05) is 0 Å². The predicted molar refractivity (Wildman–Crippen MR) is 72.1 cm³/mol. The zero-order chi connectivity index (χ0) is 13.2. The van der Waals surface area contributed by atoms with Gasteiger partial charge >= 0.3 is 5.97 Å². The molecule has 0 bridgehead atoms. The lowest BCUT2D eigenvalue weighted by atomic mass is 9.93. The van der Waals surface area contributed by atoms with Crippen molar-refractivity contribution in [3.05, 3.63) is 24.5 Å². The van der Waals surface area contributed by atoms with Gasteiger partial charge in [0, 0.05) is 6.42 Å². The van der Waals surface area contributed by atoms with E-state index in [0.29, 0.717) is 6.42 Å². The van der Waals surface area contributed by atoms with Crippen molar-refractivity contribution < 1.29 is 14.3 Å². The molecule has 0 fully saturated rings. The van der Waals surface area contributed by atoms with Gasteiger partial charge in [0.25, 0.3) is 0 Å². The summed E-state index contributed by atoms with van der Waals surface area (Å²) in [6.45, 7) is 3.60. The molecular formula is C15H24O3. The SMILES string of the molecule is C=COC1C=C(CCCCCC(=O)OC)CCC1. The van der Waals surface area contributed by atoms with Crippen molar-refractivity contribution in [3.63, 3.8) is 0 Å². The first-order valence-corrected chi connectivity index (χ1v) is 6.79.